The maximum absolute atomic E-state index is 11.4. The van der Waals surface area contributed by atoms with E-state index in [9.17, 15) is 4.79 Å². The van der Waals surface area contributed by atoms with E-state index in [-0.39, 0.29) is 5.91 Å². The second-order valence-electron chi connectivity index (χ2n) is 7.87. The first-order valence-electron chi connectivity index (χ1n) is 9.27. The monoisotopic (exact) mass is 393 g/mol. The van der Waals surface area contributed by atoms with Gasteiger partial charge in [0, 0.05) is 31.9 Å². The summed E-state index contributed by atoms with van der Waals surface area (Å²) in [5.41, 5.74) is 0.821. The third kappa shape index (κ3) is 4.71. The van der Waals surface area contributed by atoms with Gasteiger partial charge in [0.25, 0.3) is 0 Å². The molecule has 1 N–H and O–H groups in total. The summed E-state index contributed by atoms with van der Waals surface area (Å²) in [6.45, 7) is 13.1. The van der Waals surface area contributed by atoms with Crippen LogP contribution in [0.2, 0.25) is 0 Å². The van der Waals surface area contributed by atoms with Gasteiger partial charge in [-0.25, -0.2) is 4.98 Å². The number of morpholine rings is 1. The topological polar surface area (TPSA) is 72.9 Å². The Bertz CT molecular complexity index is 697. The molecule has 0 radical (unpaired) electrons. The molecule has 2 fully saturated rings. The SMILES string of the molecule is CC(=O)NCC(=Cc1csc(N2CCOCC2)n1)B1OC(C)(C)C(C)(C)O1. The van der Waals surface area contributed by atoms with E-state index >= 15 is 0 Å². The first-order chi connectivity index (χ1) is 12.7. The van der Waals surface area contributed by atoms with Crippen LogP contribution in [0.4, 0.5) is 5.13 Å². The van der Waals surface area contributed by atoms with Gasteiger partial charge in [0.2, 0.25) is 5.91 Å². The molecule has 2 aliphatic rings. The maximum Gasteiger partial charge on any atom is 0.492 e. The van der Waals surface area contributed by atoms with Crippen LogP contribution in [0.5, 0.6) is 0 Å². The first-order valence-corrected chi connectivity index (χ1v) is 10.1. The Hall–Kier alpha value is -1.42. The van der Waals surface area contributed by atoms with E-state index in [0.29, 0.717) is 6.54 Å². The lowest BCUT2D eigenvalue weighted by molar-refractivity contribution is -0.118. The van der Waals surface area contributed by atoms with Gasteiger partial charge in [-0.3, -0.25) is 4.79 Å². The molecule has 1 aromatic heterocycles. The second kappa shape index (κ2) is 7.91. The van der Waals surface area contributed by atoms with Crippen LogP contribution in [0, 0.1) is 0 Å². The quantitative estimate of drug-likeness (QED) is 0.773. The fraction of sp³-hybridized carbons (Fsp3) is 0.667. The number of rotatable bonds is 5. The van der Waals surface area contributed by atoms with Crippen molar-refractivity contribution in [2.75, 3.05) is 37.7 Å². The lowest BCUT2D eigenvalue weighted by atomic mass is 9.77. The molecule has 0 aromatic carbocycles. The molecule has 1 aromatic rings. The van der Waals surface area contributed by atoms with Crippen LogP contribution in [0.25, 0.3) is 6.08 Å². The molecule has 148 valence electrons. The highest BCUT2D eigenvalue weighted by molar-refractivity contribution is 7.13. The average molecular weight is 393 g/mol. The van der Waals surface area contributed by atoms with Crippen molar-refractivity contribution in [2.45, 2.75) is 45.8 Å². The summed E-state index contributed by atoms with van der Waals surface area (Å²) >= 11 is 1.61. The molecular weight excluding hydrogens is 365 g/mol. The van der Waals surface area contributed by atoms with Crippen molar-refractivity contribution < 1.29 is 18.8 Å². The van der Waals surface area contributed by atoms with Gasteiger partial charge in [0.1, 0.15) is 0 Å². The Kier molecular flexibility index (Phi) is 5.95. The number of ether oxygens (including phenoxy) is 1. The van der Waals surface area contributed by atoms with Crippen LogP contribution in [0.3, 0.4) is 0 Å². The number of nitrogens with zero attached hydrogens (tertiary/aromatic N) is 2. The largest absolute Gasteiger partial charge is 0.492 e. The van der Waals surface area contributed by atoms with Gasteiger partial charge < -0.3 is 24.3 Å². The summed E-state index contributed by atoms with van der Waals surface area (Å²) < 4.78 is 17.7. The molecule has 2 saturated heterocycles. The zero-order chi connectivity index (χ0) is 19.7. The Morgan fingerprint density at radius 3 is 2.52 bits per heavy atom. The first kappa shape index (κ1) is 20.3. The maximum atomic E-state index is 11.4. The van der Waals surface area contributed by atoms with Gasteiger partial charge >= 0.3 is 7.12 Å². The van der Waals surface area contributed by atoms with E-state index in [4.69, 9.17) is 19.0 Å². The summed E-state index contributed by atoms with van der Waals surface area (Å²) in [7, 11) is -0.518. The van der Waals surface area contributed by atoms with Crippen molar-refractivity contribution in [1.82, 2.24) is 10.3 Å². The minimum Gasteiger partial charge on any atom is -0.400 e. The number of hydrogen-bond acceptors (Lipinski definition) is 7. The van der Waals surface area contributed by atoms with E-state index < -0.39 is 18.3 Å². The molecule has 0 aliphatic carbocycles. The molecule has 0 spiro atoms. The molecule has 1 amide bonds. The van der Waals surface area contributed by atoms with E-state index in [1.807, 2.05) is 39.2 Å². The van der Waals surface area contributed by atoms with Gasteiger partial charge in [-0.2, -0.15) is 0 Å². The minimum absolute atomic E-state index is 0.0929. The van der Waals surface area contributed by atoms with E-state index in [0.717, 1.165) is 42.6 Å². The predicted octanol–water partition coefficient (Wildman–Crippen LogP) is 2.13. The summed E-state index contributed by atoms with van der Waals surface area (Å²) in [6.07, 6.45) is 1.96. The van der Waals surface area contributed by atoms with Gasteiger partial charge in [-0.05, 0) is 39.2 Å². The molecule has 0 saturated carbocycles. The summed E-state index contributed by atoms with van der Waals surface area (Å²) in [6, 6.07) is 0. The number of carbonyl (C=O) groups is 1. The van der Waals surface area contributed by atoms with Gasteiger partial charge in [-0.1, -0.05) is 0 Å². The molecule has 3 heterocycles. The molecule has 2 aliphatic heterocycles. The van der Waals surface area contributed by atoms with Gasteiger partial charge in [0.15, 0.2) is 5.13 Å². The predicted molar refractivity (Wildman–Crippen MR) is 108 cm³/mol. The van der Waals surface area contributed by atoms with Crippen LogP contribution in [0.15, 0.2) is 10.9 Å². The van der Waals surface area contributed by atoms with Crippen molar-refractivity contribution in [3.05, 3.63) is 16.5 Å². The molecular formula is C18H28BN3O4S. The molecule has 0 bridgehead atoms. The smallest absolute Gasteiger partial charge is 0.400 e. The Morgan fingerprint density at radius 1 is 1.30 bits per heavy atom. The van der Waals surface area contributed by atoms with Crippen molar-refractivity contribution >= 4 is 35.6 Å². The summed E-state index contributed by atoms with van der Waals surface area (Å²) in [5.74, 6) is -0.0929. The van der Waals surface area contributed by atoms with E-state index in [1.165, 1.54) is 6.92 Å². The highest BCUT2D eigenvalue weighted by atomic mass is 32.1. The molecule has 3 rings (SSSR count). The lowest BCUT2D eigenvalue weighted by Crippen LogP contribution is -2.41. The van der Waals surface area contributed by atoms with E-state index in [2.05, 4.69) is 10.2 Å². The zero-order valence-electron chi connectivity index (χ0n) is 16.7. The number of hydrogen-bond donors (Lipinski definition) is 1. The van der Waals surface area contributed by atoms with Crippen molar-refractivity contribution in [3.63, 3.8) is 0 Å². The zero-order valence-corrected chi connectivity index (χ0v) is 17.5. The third-order valence-corrected chi connectivity index (χ3v) is 6.14. The Morgan fingerprint density at radius 2 is 1.93 bits per heavy atom. The summed E-state index contributed by atoms with van der Waals surface area (Å²) in [5, 5.41) is 5.85. The number of anilines is 1. The van der Waals surface area contributed by atoms with Crippen LogP contribution < -0.4 is 10.2 Å². The van der Waals surface area contributed by atoms with Crippen molar-refractivity contribution in [3.8, 4) is 0 Å². The number of aromatic nitrogens is 1. The van der Waals surface area contributed by atoms with Crippen LogP contribution in [-0.4, -0.2) is 62.1 Å². The minimum atomic E-state index is -0.518. The van der Waals surface area contributed by atoms with Gasteiger partial charge in [0.05, 0.1) is 30.1 Å². The van der Waals surface area contributed by atoms with Crippen LogP contribution in [-0.2, 0) is 18.8 Å². The molecule has 0 unspecified atom stereocenters. The molecule has 9 heteroatoms. The Balaban J connectivity index is 1.80. The molecule has 0 atom stereocenters. The normalized spacial score (nSPS) is 22.2. The van der Waals surface area contributed by atoms with Crippen molar-refractivity contribution in [2.24, 2.45) is 0 Å². The Labute approximate surface area is 165 Å². The highest BCUT2D eigenvalue weighted by Gasteiger charge is 2.52. The fourth-order valence-corrected chi connectivity index (χ4v) is 3.69. The average Bonchev–Trinajstić information content (AvgIpc) is 3.14. The number of amides is 1. The number of carbonyl (C=O) groups excluding carboxylic acids is 1. The van der Waals surface area contributed by atoms with Crippen molar-refractivity contribution in [1.29, 1.82) is 0 Å². The van der Waals surface area contributed by atoms with E-state index in [1.54, 1.807) is 11.3 Å². The lowest BCUT2D eigenvalue weighted by Gasteiger charge is -2.32. The standard InChI is InChI=1S/C18H28BN3O4S/c1-13(23)20-11-14(19-25-17(2,3)18(4,5)26-19)10-15-12-27-16(21-15)22-6-8-24-9-7-22/h10,12H,6-9,11H2,1-5H3,(H,20,23). The summed E-state index contributed by atoms with van der Waals surface area (Å²) in [4.78, 5) is 18.4. The fourth-order valence-electron chi connectivity index (χ4n) is 2.86. The number of thiazole rings is 1. The second-order valence-corrected chi connectivity index (χ2v) is 8.71. The number of nitrogens with one attached hydrogen (secondary N) is 1. The highest BCUT2D eigenvalue weighted by Crippen LogP contribution is 2.38. The molecule has 27 heavy (non-hydrogen) atoms. The third-order valence-electron chi connectivity index (χ3n) is 5.22. The molecule has 7 nitrogen and oxygen atoms in total. The van der Waals surface area contributed by atoms with Crippen LogP contribution in [0.1, 0.15) is 40.3 Å². The van der Waals surface area contributed by atoms with Crippen LogP contribution >= 0.6 is 11.3 Å². The van der Waals surface area contributed by atoms with Gasteiger partial charge in [-0.15, -0.1) is 11.3 Å².